The van der Waals surface area contributed by atoms with Crippen molar-refractivity contribution < 1.29 is 14.6 Å². The molecule has 1 saturated carbocycles. The maximum atomic E-state index is 11.8. The smallest absolute Gasteiger partial charge is 0.257 e. The monoisotopic (exact) mass is 291 g/mol. The van der Waals surface area contributed by atoms with Gasteiger partial charge in [0.15, 0.2) is 6.61 Å². The molecule has 1 amide bonds. The minimum Gasteiger partial charge on any atom is -0.483 e. The molecule has 116 valence electrons. The van der Waals surface area contributed by atoms with Crippen LogP contribution < -0.4 is 10.1 Å². The molecule has 0 bridgehead atoms. The number of hydrogen-bond donors (Lipinski definition) is 2. The Morgan fingerprint density at radius 3 is 2.52 bits per heavy atom. The summed E-state index contributed by atoms with van der Waals surface area (Å²) >= 11 is 0. The van der Waals surface area contributed by atoms with Crippen LogP contribution in [0.3, 0.4) is 0 Å². The van der Waals surface area contributed by atoms with Gasteiger partial charge in [-0.3, -0.25) is 4.79 Å². The molecule has 0 saturated heterocycles. The molecule has 1 aliphatic carbocycles. The fourth-order valence-electron chi connectivity index (χ4n) is 3.08. The minimum atomic E-state index is -0.194. The zero-order valence-corrected chi connectivity index (χ0v) is 13.1. The summed E-state index contributed by atoms with van der Waals surface area (Å²) < 4.78 is 5.66. The lowest BCUT2D eigenvalue weighted by atomic mass is 10.1. The van der Waals surface area contributed by atoms with Crippen molar-refractivity contribution in [3.63, 3.8) is 0 Å². The van der Waals surface area contributed by atoms with Crippen molar-refractivity contribution in [1.82, 2.24) is 5.32 Å². The summed E-state index contributed by atoms with van der Waals surface area (Å²) in [6.07, 6.45) is 2.43. The fourth-order valence-corrected chi connectivity index (χ4v) is 3.08. The van der Waals surface area contributed by atoms with Gasteiger partial charge in [0.05, 0.1) is 6.10 Å². The third kappa shape index (κ3) is 4.46. The van der Waals surface area contributed by atoms with Crippen molar-refractivity contribution in [2.45, 2.75) is 46.1 Å². The number of carbonyl (C=O) groups excluding carboxylic acids is 1. The Hall–Kier alpha value is -1.55. The molecule has 1 aromatic carbocycles. The normalized spacial score (nSPS) is 21.3. The Morgan fingerprint density at radius 1 is 1.29 bits per heavy atom. The highest BCUT2D eigenvalue weighted by atomic mass is 16.5. The summed E-state index contributed by atoms with van der Waals surface area (Å²) in [7, 11) is 0. The standard InChI is InChI=1S/C17H25NO3/c1-11-6-12(2)17(13(3)7-11)21-10-16(20)18-9-14-4-5-15(19)8-14/h6-7,14-15,19H,4-5,8-10H2,1-3H3,(H,18,20). The van der Waals surface area contributed by atoms with Gasteiger partial charge in [0.25, 0.3) is 5.91 Å². The molecule has 2 rings (SSSR count). The SMILES string of the molecule is Cc1cc(C)c(OCC(=O)NCC2CCC(O)C2)c(C)c1. The van der Waals surface area contributed by atoms with Crippen LogP contribution in [0.15, 0.2) is 12.1 Å². The van der Waals surface area contributed by atoms with E-state index in [-0.39, 0.29) is 18.6 Å². The van der Waals surface area contributed by atoms with Gasteiger partial charge in [-0.15, -0.1) is 0 Å². The Morgan fingerprint density at radius 2 is 1.95 bits per heavy atom. The predicted molar refractivity (Wildman–Crippen MR) is 82.5 cm³/mol. The van der Waals surface area contributed by atoms with Crippen molar-refractivity contribution in [3.8, 4) is 5.75 Å². The zero-order chi connectivity index (χ0) is 15.4. The highest BCUT2D eigenvalue weighted by Crippen LogP contribution is 2.25. The second-order valence-corrected chi connectivity index (χ2v) is 6.15. The minimum absolute atomic E-state index is 0.0417. The molecule has 0 heterocycles. The molecule has 4 heteroatoms. The van der Waals surface area contributed by atoms with Gasteiger partial charge in [0.2, 0.25) is 0 Å². The predicted octanol–water partition coefficient (Wildman–Crippen LogP) is 2.27. The van der Waals surface area contributed by atoms with Crippen LogP contribution in [0.5, 0.6) is 5.75 Å². The molecule has 0 spiro atoms. The van der Waals surface area contributed by atoms with Crippen molar-refractivity contribution >= 4 is 5.91 Å². The van der Waals surface area contributed by atoms with Crippen LogP contribution in [0.2, 0.25) is 0 Å². The molecule has 0 radical (unpaired) electrons. The van der Waals surface area contributed by atoms with Crippen LogP contribution in [-0.4, -0.2) is 30.3 Å². The Balaban J connectivity index is 1.79. The summed E-state index contributed by atoms with van der Waals surface area (Å²) in [5, 5.41) is 12.4. The van der Waals surface area contributed by atoms with Crippen molar-refractivity contribution in [2.24, 2.45) is 5.92 Å². The molecule has 2 atom stereocenters. The largest absolute Gasteiger partial charge is 0.483 e. The van der Waals surface area contributed by atoms with E-state index in [0.29, 0.717) is 12.5 Å². The molecule has 1 aliphatic rings. The topological polar surface area (TPSA) is 58.6 Å². The van der Waals surface area contributed by atoms with E-state index >= 15 is 0 Å². The number of ether oxygens (including phenoxy) is 1. The number of benzene rings is 1. The maximum absolute atomic E-state index is 11.8. The first kappa shape index (κ1) is 15.8. The summed E-state index contributed by atoms with van der Waals surface area (Å²) in [6.45, 7) is 6.71. The first-order valence-corrected chi connectivity index (χ1v) is 7.61. The van der Waals surface area contributed by atoms with E-state index < -0.39 is 0 Å². The van der Waals surface area contributed by atoms with Crippen LogP contribution in [0.25, 0.3) is 0 Å². The number of nitrogens with one attached hydrogen (secondary N) is 1. The number of aliphatic hydroxyl groups excluding tert-OH is 1. The lowest BCUT2D eigenvalue weighted by Gasteiger charge is -2.14. The van der Waals surface area contributed by atoms with Gasteiger partial charge in [-0.1, -0.05) is 17.7 Å². The Kier molecular flexibility index (Phi) is 5.23. The van der Waals surface area contributed by atoms with Crippen LogP contribution in [-0.2, 0) is 4.79 Å². The van der Waals surface area contributed by atoms with E-state index in [1.54, 1.807) is 0 Å². The average molecular weight is 291 g/mol. The number of aryl methyl sites for hydroxylation is 3. The maximum Gasteiger partial charge on any atom is 0.257 e. The molecule has 0 aliphatic heterocycles. The van der Waals surface area contributed by atoms with Gasteiger partial charge in [-0.2, -0.15) is 0 Å². The van der Waals surface area contributed by atoms with Gasteiger partial charge in [0.1, 0.15) is 5.75 Å². The van der Waals surface area contributed by atoms with E-state index in [9.17, 15) is 9.90 Å². The molecule has 2 N–H and O–H groups in total. The third-order valence-electron chi connectivity index (χ3n) is 4.05. The first-order valence-electron chi connectivity index (χ1n) is 7.61. The lowest BCUT2D eigenvalue weighted by Crippen LogP contribution is -2.32. The number of amides is 1. The second-order valence-electron chi connectivity index (χ2n) is 6.15. The fraction of sp³-hybridized carbons (Fsp3) is 0.588. The van der Waals surface area contributed by atoms with Crippen molar-refractivity contribution in [2.75, 3.05) is 13.2 Å². The van der Waals surface area contributed by atoms with Gasteiger partial charge in [-0.25, -0.2) is 0 Å². The molecule has 21 heavy (non-hydrogen) atoms. The quantitative estimate of drug-likeness (QED) is 0.875. The molecule has 0 aromatic heterocycles. The second kappa shape index (κ2) is 6.94. The lowest BCUT2D eigenvalue weighted by molar-refractivity contribution is -0.123. The number of aliphatic hydroxyl groups is 1. The average Bonchev–Trinajstić information content (AvgIpc) is 2.81. The molecular formula is C17H25NO3. The Labute approximate surface area is 126 Å². The van der Waals surface area contributed by atoms with Crippen LogP contribution in [0, 0.1) is 26.7 Å². The number of carbonyl (C=O) groups is 1. The molecule has 1 fully saturated rings. The number of hydrogen-bond acceptors (Lipinski definition) is 3. The van der Waals surface area contributed by atoms with Gasteiger partial charge < -0.3 is 15.2 Å². The van der Waals surface area contributed by atoms with Crippen LogP contribution >= 0.6 is 0 Å². The van der Waals surface area contributed by atoms with Crippen LogP contribution in [0.4, 0.5) is 0 Å². The van der Waals surface area contributed by atoms with E-state index in [4.69, 9.17) is 4.74 Å². The van der Waals surface area contributed by atoms with E-state index in [0.717, 1.165) is 36.1 Å². The highest BCUT2D eigenvalue weighted by molar-refractivity contribution is 5.77. The van der Waals surface area contributed by atoms with E-state index in [1.807, 2.05) is 20.8 Å². The van der Waals surface area contributed by atoms with Crippen molar-refractivity contribution in [1.29, 1.82) is 0 Å². The molecule has 4 nitrogen and oxygen atoms in total. The summed E-state index contributed by atoms with van der Waals surface area (Å²) in [4.78, 5) is 11.8. The van der Waals surface area contributed by atoms with Crippen LogP contribution in [0.1, 0.15) is 36.0 Å². The van der Waals surface area contributed by atoms with Gasteiger partial charge in [0, 0.05) is 6.54 Å². The third-order valence-corrected chi connectivity index (χ3v) is 4.05. The molecule has 1 aromatic rings. The molecule has 2 unspecified atom stereocenters. The van der Waals surface area contributed by atoms with Crippen molar-refractivity contribution in [3.05, 3.63) is 28.8 Å². The Bertz CT molecular complexity index is 490. The summed E-state index contributed by atoms with van der Waals surface area (Å²) in [6, 6.07) is 4.11. The first-order chi connectivity index (χ1) is 9.95. The summed E-state index contributed by atoms with van der Waals surface area (Å²) in [5.74, 6) is 1.09. The van der Waals surface area contributed by atoms with E-state index in [2.05, 4.69) is 17.4 Å². The molecular weight excluding hydrogens is 266 g/mol. The number of rotatable bonds is 5. The summed E-state index contributed by atoms with van der Waals surface area (Å²) in [5.41, 5.74) is 3.31. The van der Waals surface area contributed by atoms with Gasteiger partial charge >= 0.3 is 0 Å². The van der Waals surface area contributed by atoms with Gasteiger partial charge in [-0.05, 0) is 57.1 Å². The highest BCUT2D eigenvalue weighted by Gasteiger charge is 2.23. The zero-order valence-electron chi connectivity index (χ0n) is 13.1. The van der Waals surface area contributed by atoms with E-state index in [1.165, 1.54) is 5.56 Å².